The summed E-state index contributed by atoms with van der Waals surface area (Å²) in [5.74, 6) is 0.0138. The minimum atomic E-state index is 0.0138. The second-order valence-corrected chi connectivity index (χ2v) is 6.40. The highest BCUT2D eigenvalue weighted by Crippen LogP contribution is 2.22. The monoisotopic (exact) mass is 337 g/mol. The average molecular weight is 337 g/mol. The Morgan fingerprint density at radius 3 is 2.58 bits per heavy atom. The number of thiazole rings is 1. The first-order valence-electron chi connectivity index (χ1n) is 7.98. The molecule has 0 aliphatic carbocycles. The maximum atomic E-state index is 12.1. The zero-order valence-electron chi connectivity index (χ0n) is 13.5. The van der Waals surface area contributed by atoms with Gasteiger partial charge in [-0.1, -0.05) is 19.1 Å². The van der Waals surface area contributed by atoms with E-state index >= 15 is 0 Å². The lowest BCUT2D eigenvalue weighted by atomic mass is 10.1. The predicted octanol–water partition coefficient (Wildman–Crippen LogP) is 4.34. The molecule has 2 aromatic heterocycles. The third kappa shape index (κ3) is 4.26. The predicted molar refractivity (Wildman–Crippen MR) is 98.1 cm³/mol. The first kappa shape index (κ1) is 16.3. The molecule has 4 nitrogen and oxygen atoms in total. The highest BCUT2D eigenvalue weighted by atomic mass is 32.1. The highest BCUT2D eigenvalue weighted by molar-refractivity contribution is 7.09. The molecule has 0 unspecified atom stereocenters. The summed E-state index contributed by atoms with van der Waals surface area (Å²) in [6.45, 7) is 2.11. The van der Waals surface area contributed by atoms with Gasteiger partial charge in [-0.25, -0.2) is 4.98 Å². The number of aryl methyl sites for hydroxylation is 2. The third-order valence-electron chi connectivity index (χ3n) is 3.74. The number of hydrogen-bond donors (Lipinski definition) is 1. The van der Waals surface area contributed by atoms with Gasteiger partial charge in [-0.2, -0.15) is 0 Å². The summed E-state index contributed by atoms with van der Waals surface area (Å²) in [4.78, 5) is 20.7. The molecule has 1 N–H and O–H groups in total. The van der Waals surface area contributed by atoms with Crippen molar-refractivity contribution in [2.75, 3.05) is 5.32 Å². The Hall–Kier alpha value is -2.53. The first-order chi connectivity index (χ1) is 11.7. The molecule has 0 saturated carbocycles. The van der Waals surface area contributed by atoms with Crippen LogP contribution in [0.25, 0.3) is 11.3 Å². The normalized spacial score (nSPS) is 10.5. The van der Waals surface area contributed by atoms with Crippen LogP contribution in [0.5, 0.6) is 0 Å². The molecule has 3 aromatic rings. The lowest BCUT2D eigenvalue weighted by Crippen LogP contribution is -2.12. The summed E-state index contributed by atoms with van der Waals surface area (Å²) in [5, 5.41) is 5.92. The van der Waals surface area contributed by atoms with Gasteiger partial charge in [0.25, 0.3) is 0 Å². The van der Waals surface area contributed by atoms with Gasteiger partial charge >= 0.3 is 0 Å². The molecule has 2 heterocycles. The topological polar surface area (TPSA) is 54.9 Å². The average Bonchev–Trinajstić information content (AvgIpc) is 3.10. The van der Waals surface area contributed by atoms with Crippen molar-refractivity contribution < 1.29 is 4.79 Å². The molecular formula is C19H19N3OS. The number of nitrogens with one attached hydrogen (secondary N) is 1. The summed E-state index contributed by atoms with van der Waals surface area (Å²) in [7, 11) is 0. The molecule has 0 atom stereocenters. The second-order valence-electron chi connectivity index (χ2n) is 5.46. The number of anilines is 1. The van der Waals surface area contributed by atoms with Crippen molar-refractivity contribution in [1.29, 1.82) is 0 Å². The number of aromatic nitrogens is 2. The van der Waals surface area contributed by atoms with Crippen LogP contribution in [0.1, 0.15) is 23.9 Å². The zero-order chi connectivity index (χ0) is 16.8. The number of pyridine rings is 1. The summed E-state index contributed by atoms with van der Waals surface area (Å²) in [5.41, 5.74) is 4.09. The van der Waals surface area contributed by atoms with E-state index in [1.165, 1.54) is 5.56 Å². The Balaban J connectivity index is 1.53. The Kier molecular flexibility index (Phi) is 5.33. The zero-order valence-corrected chi connectivity index (χ0v) is 14.3. The van der Waals surface area contributed by atoms with Crippen LogP contribution < -0.4 is 5.32 Å². The van der Waals surface area contributed by atoms with Gasteiger partial charge in [0.1, 0.15) is 0 Å². The second kappa shape index (κ2) is 7.84. The van der Waals surface area contributed by atoms with Gasteiger partial charge in [-0.15, -0.1) is 11.3 Å². The van der Waals surface area contributed by atoms with Crippen LogP contribution in [0.4, 0.5) is 5.69 Å². The molecule has 0 bridgehead atoms. The number of rotatable bonds is 6. The molecule has 1 amide bonds. The highest BCUT2D eigenvalue weighted by Gasteiger charge is 2.08. The molecule has 1 aromatic carbocycles. The molecule has 0 radical (unpaired) electrons. The molecule has 0 saturated heterocycles. The molecule has 24 heavy (non-hydrogen) atoms. The van der Waals surface area contributed by atoms with E-state index in [1.807, 2.05) is 41.8 Å². The maximum absolute atomic E-state index is 12.1. The van der Waals surface area contributed by atoms with Crippen LogP contribution in [-0.4, -0.2) is 15.9 Å². The van der Waals surface area contributed by atoms with Crippen LogP contribution in [0.15, 0.2) is 54.2 Å². The molecular weight excluding hydrogens is 318 g/mol. The Bertz CT molecular complexity index is 797. The number of hydrogen-bond acceptors (Lipinski definition) is 4. The maximum Gasteiger partial charge on any atom is 0.224 e. The smallest absolute Gasteiger partial charge is 0.224 e. The summed E-state index contributed by atoms with van der Waals surface area (Å²) >= 11 is 1.59. The van der Waals surface area contributed by atoms with Crippen LogP contribution in [0, 0.1) is 0 Å². The van der Waals surface area contributed by atoms with Gasteiger partial charge in [0.05, 0.1) is 10.7 Å². The van der Waals surface area contributed by atoms with Gasteiger partial charge in [0.2, 0.25) is 5.91 Å². The lowest BCUT2D eigenvalue weighted by molar-refractivity contribution is -0.116. The fourth-order valence-corrected chi connectivity index (χ4v) is 3.16. The van der Waals surface area contributed by atoms with Gasteiger partial charge in [0.15, 0.2) is 0 Å². The minimum absolute atomic E-state index is 0.0138. The summed E-state index contributed by atoms with van der Waals surface area (Å²) in [6.07, 6.45) is 5.59. The lowest BCUT2D eigenvalue weighted by Gasteiger charge is -2.05. The molecule has 3 rings (SSSR count). The van der Waals surface area contributed by atoms with Crippen molar-refractivity contribution >= 4 is 22.9 Å². The van der Waals surface area contributed by atoms with E-state index < -0.39 is 0 Å². The van der Waals surface area contributed by atoms with E-state index in [-0.39, 0.29) is 5.91 Å². The fraction of sp³-hybridized carbons (Fsp3) is 0.211. The fourth-order valence-electron chi connectivity index (χ4n) is 2.35. The molecule has 0 aliphatic rings. The standard InChI is InChI=1S/C19H19N3OS/c1-2-14-3-5-16(6-4-14)21-18(23)7-8-19-22-17(13-24-19)15-9-11-20-12-10-15/h3-6,9-13H,2,7-8H2,1H3,(H,21,23). The summed E-state index contributed by atoms with van der Waals surface area (Å²) in [6, 6.07) is 11.8. The van der Waals surface area contributed by atoms with Crippen LogP contribution in [0.3, 0.4) is 0 Å². The number of benzene rings is 1. The Labute approximate surface area is 145 Å². The van der Waals surface area contributed by atoms with E-state index in [2.05, 4.69) is 22.2 Å². The van der Waals surface area contributed by atoms with Crippen LogP contribution in [0.2, 0.25) is 0 Å². The minimum Gasteiger partial charge on any atom is -0.326 e. The van der Waals surface area contributed by atoms with Gasteiger partial charge in [-0.3, -0.25) is 9.78 Å². The molecule has 0 spiro atoms. The quantitative estimate of drug-likeness (QED) is 0.728. The van der Waals surface area contributed by atoms with E-state index in [0.29, 0.717) is 12.8 Å². The van der Waals surface area contributed by atoms with Crippen LogP contribution >= 0.6 is 11.3 Å². The molecule has 5 heteroatoms. The van der Waals surface area contributed by atoms with Crippen molar-refractivity contribution in [2.24, 2.45) is 0 Å². The third-order valence-corrected chi connectivity index (χ3v) is 4.65. The largest absolute Gasteiger partial charge is 0.326 e. The van der Waals surface area contributed by atoms with Crippen molar-refractivity contribution in [1.82, 2.24) is 9.97 Å². The number of amides is 1. The summed E-state index contributed by atoms with van der Waals surface area (Å²) < 4.78 is 0. The van der Waals surface area contributed by atoms with E-state index in [0.717, 1.165) is 28.4 Å². The van der Waals surface area contributed by atoms with Gasteiger partial charge < -0.3 is 5.32 Å². The first-order valence-corrected chi connectivity index (χ1v) is 8.86. The van der Waals surface area contributed by atoms with Crippen molar-refractivity contribution in [3.8, 4) is 11.3 Å². The Morgan fingerprint density at radius 2 is 1.88 bits per heavy atom. The SMILES string of the molecule is CCc1ccc(NC(=O)CCc2nc(-c3ccncc3)cs2)cc1. The number of carbonyl (C=O) groups is 1. The van der Waals surface area contributed by atoms with E-state index in [1.54, 1.807) is 23.7 Å². The van der Waals surface area contributed by atoms with E-state index in [4.69, 9.17) is 0 Å². The van der Waals surface area contributed by atoms with Crippen molar-refractivity contribution in [3.05, 3.63) is 64.7 Å². The molecule has 0 fully saturated rings. The van der Waals surface area contributed by atoms with E-state index in [9.17, 15) is 4.79 Å². The number of carbonyl (C=O) groups excluding carboxylic acids is 1. The van der Waals surface area contributed by atoms with Gasteiger partial charge in [-0.05, 0) is 36.2 Å². The van der Waals surface area contributed by atoms with Crippen LogP contribution in [-0.2, 0) is 17.6 Å². The van der Waals surface area contributed by atoms with Gasteiger partial charge in [0, 0.05) is 41.9 Å². The molecule has 122 valence electrons. The molecule has 0 aliphatic heterocycles. The Morgan fingerprint density at radius 1 is 1.12 bits per heavy atom. The van der Waals surface area contributed by atoms with Crippen molar-refractivity contribution in [3.63, 3.8) is 0 Å². The number of nitrogens with zero attached hydrogens (tertiary/aromatic N) is 2. The van der Waals surface area contributed by atoms with Crippen molar-refractivity contribution in [2.45, 2.75) is 26.2 Å².